The Morgan fingerprint density at radius 1 is 1.06 bits per heavy atom. The first-order chi connectivity index (χ1) is 8.00. The summed E-state index contributed by atoms with van der Waals surface area (Å²) in [7, 11) is 0. The number of pyridine rings is 1. The number of halogens is 1. The van der Waals surface area contributed by atoms with Gasteiger partial charge in [-0.15, -0.1) is 0 Å². The van der Waals surface area contributed by atoms with E-state index in [1.807, 2.05) is 24.4 Å². The molecule has 0 saturated carbocycles. The lowest BCUT2D eigenvalue weighted by atomic mass is 9.85. The smallest absolute Gasteiger partial charge is 0.0522 e. The van der Waals surface area contributed by atoms with Gasteiger partial charge in [-0.25, -0.2) is 0 Å². The first kappa shape index (κ1) is 12.1. The van der Waals surface area contributed by atoms with Crippen molar-refractivity contribution in [2.75, 3.05) is 0 Å². The molecule has 0 N–H and O–H groups in total. The van der Waals surface area contributed by atoms with Gasteiger partial charge in [0.2, 0.25) is 0 Å². The van der Waals surface area contributed by atoms with Crippen LogP contribution in [0.1, 0.15) is 26.3 Å². The predicted octanol–water partition coefficient (Wildman–Crippen LogP) is 4.70. The van der Waals surface area contributed by atoms with Crippen LogP contribution < -0.4 is 0 Å². The number of rotatable bonds is 1. The Labute approximate surface area is 107 Å². The summed E-state index contributed by atoms with van der Waals surface area (Å²) >= 11 is 6.50. The monoisotopic (exact) mass is 245 g/mol. The maximum Gasteiger partial charge on any atom is 0.0522 e. The van der Waals surface area contributed by atoms with E-state index in [9.17, 15) is 0 Å². The Balaban J connectivity index is 2.58. The number of benzene rings is 1. The van der Waals surface area contributed by atoms with Crippen LogP contribution in [0.4, 0.5) is 0 Å². The third-order valence-electron chi connectivity index (χ3n) is 2.78. The highest BCUT2D eigenvalue weighted by Gasteiger charge is 2.19. The van der Waals surface area contributed by atoms with Crippen molar-refractivity contribution in [1.29, 1.82) is 0 Å². The molecule has 0 amide bonds. The van der Waals surface area contributed by atoms with Gasteiger partial charge in [0.25, 0.3) is 0 Å². The van der Waals surface area contributed by atoms with Gasteiger partial charge in [-0.1, -0.05) is 56.6 Å². The lowest BCUT2D eigenvalue weighted by Crippen LogP contribution is -2.12. The Hall–Kier alpha value is -1.34. The van der Waals surface area contributed by atoms with Crippen LogP contribution >= 0.6 is 11.6 Å². The highest BCUT2D eigenvalue weighted by molar-refractivity contribution is 6.34. The summed E-state index contributed by atoms with van der Waals surface area (Å²) in [5.41, 5.74) is 3.33. The Kier molecular flexibility index (Phi) is 3.21. The van der Waals surface area contributed by atoms with Crippen molar-refractivity contribution < 1.29 is 0 Å². The fraction of sp³-hybridized carbons (Fsp3) is 0.267. The average molecular weight is 246 g/mol. The van der Waals surface area contributed by atoms with Gasteiger partial charge in [0, 0.05) is 23.5 Å². The first-order valence-corrected chi connectivity index (χ1v) is 6.07. The second kappa shape index (κ2) is 4.50. The fourth-order valence-corrected chi connectivity index (χ4v) is 2.37. The van der Waals surface area contributed by atoms with Gasteiger partial charge in [-0.3, -0.25) is 4.98 Å². The van der Waals surface area contributed by atoms with E-state index in [-0.39, 0.29) is 5.41 Å². The highest BCUT2D eigenvalue weighted by Crippen LogP contribution is 2.36. The third-order valence-corrected chi connectivity index (χ3v) is 3.19. The lowest BCUT2D eigenvalue weighted by Gasteiger charge is -2.22. The van der Waals surface area contributed by atoms with E-state index in [2.05, 4.69) is 37.9 Å². The van der Waals surface area contributed by atoms with E-state index in [1.54, 1.807) is 6.20 Å². The molecule has 2 rings (SSSR count). The Morgan fingerprint density at radius 2 is 1.82 bits per heavy atom. The normalized spacial score (nSPS) is 11.5. The van der Waals surface area contributed by atoms with E-state index in [1.165, 1.54) is 5.56 Å². The molecule has 0 unspecified atom stereocenters. The zero-order chi connectivity index (χ0) is 12.5. The van der Waals surface area contributed by atoms with Crippen LogP contribution in [0.25, 0.3) is 11.1 Å². The minimum atomic E-state index is 0.0509. The minimum absolute atomic E-state index is 0.0509. The second-order valence-electron chi connectivity index (χ2n) is 5.16. The van der Waals surface area contributed by atoms with Crippen molar-refractivity contribution in [2.45, 2.75) is 26.2 Å². The summed E-state index contributed by atoms with van der Waals surface area (Å²) in [4.78, 5) is 4.14. The first-order valence-electron chi connectivity index (χ1n) is 5.69. The molecular formula is C15H16ClN. The molecule has 0 aliphatic rings. The Bertz CT molecular complexity index is 512. The molecule has 0 fully saturated rings. The van der Waals surface area contributed by atoms with Crippen molar-refractivity contribution >= 4 is 11.6 Å². The molecule has 17 heavy (non-hydrogen) atoms. The number of hydrogen-bond donors (Lipinski definition) is 0. The van der Waals surface area contributed by atoms with Crippen LogP contribution in [0, 0.1) is 0 Å². The second-order valence-corrected chi connectivity index (χ2v) is 5.54. The van der Waals surface area contributed by atoms with Gasteiger partial charge in [0.05, 0.1) is 5.02 Å². The molecule has 1 nitrogen and oxygen atoms in total. The van der Waals surface area contributed by atoms with Gasteiger partial charge < -0.3 is 0 Å². The quantitative estimate of drug-likeness (QED) is 0.710. The van der Waals surface area contributed by atoms with Crippen molar-refractivity contribution in [3.63, 3.8) is 0 Å². The van der Waals surface area contributed by atoms with E-state index < -0.39 is 0 Å². The standard InChI is InChI=1S/C15H16ClN/c1-15(2,3)13-8-4-7-12(14(13)16)11-6-5-9-17-10-11/h4-10H,1-3H3. The van der Waals surface area contributed by atoms with Gasteiger partial charge in [-0.05, 0) is 17.0 Å². The number of nitrogens with zero attached hydrogens (tertiary/aromatic N) is 1. The zero-order valence-corrected chi connectivity index (χ0v) is 11.1. The molecule has 2 heteroatoms. The number of hydrogen-bond acceptors (Lipinski definition) is 1. The molecule has 0 aliphatic carbocycles. The molecule has 0 radical (unpaired) electrons. The van der Waals surface area contributed by atoms with Crippen molar-refractivity contribution in [1.82, 2.24) is 4.98 Å². The van der Waals surface area contributed by atoms with E-state index >= 15 is 0 Å². The van der Waals surface area contributed by atoms with E-state index in [0.717, 1.165) is 16.1 Å². The summed E-state index contributed by atoms with van der Waals surface area (Å²) in [5.74, 6) is 0. The predicted molar refractivity (Wildman–Crippen MR) is 73.4 cm³/mol. The summed E-state index contributed by atoms with van der Waals surface area (Å²) in [6, 6.07) is 10.1. The van der Waals surface area contributed by atoms with Crippen LogP contribution in [0.3, 0.4) is 0 Å². The summed E-state index contributed by atoms with van der Waals surface area (Å²) in [6.45, 7) is 6.50. The summed E-state index contributed by atoms with van der Waals surface area (Å²) in [5, 5.41) is 0.827. The van der Waals surface area contributed by atoms with E-state index in [4.69, 9.17) is 11.6 Å². The molecule has 0 aliphatic heterocycles. The SMILES string of the molecule is CC(C)(C)c1cccc(-c2cccnc2)c1Cl. The van der Waals surface area contributed by atoms with Crippen molar-refractivity contribution in [3.05, 3.63) is 53.3 Å². The molecule has 0 saturated heterocycles. The molecule has 1 aromatic heterocycles. The van der Waals surface area contributed by atoms with Crippen molar-refractivity contribution in [2.24, 2.45) is 0 Å². The van der Waals surface area contributed by atoms with Crippen LogP contribution in [0.5, 0.6) is 0 Å². The van der Waals surface area contributed by atoms with Gasteiger partial charge >= 0.3 is 0 Å². The molecule has 2 aromatic rings. The molecule has 1 heterocycles. The van der Waals surface area contributed by atoms with Gasteiger partial charge in [0.15, 0.2) is 0 Å². The maximum atomic E-state index is 6.50. The fourth-order valence-electron chi connectivity index (χ4n) is 1.86. The highest BCUT2D eigenvalue weighted by atomic mass is 35.5. The number of aromatic nitrogens is 1. The summed E-state index contributed by atoms with van der Waals surface area (Å²) in [6.07, 6.45) is 3.61. The van der Waals surface area contributed by atoms with Crippen LogP contribution in [0.2, 0.25) is 5.02 Å². The lowest BCUT2D eigenvalue weighted by molar-refractivity contribution is 0.591. The summed E-state index contributed by atoms with van der Waals surface area (Å²) < 4.78 is 0. The van der Waals surface area contributed by atoms with Crippen molar-refractivity contribution in [3.8, 4) is 11.1 Å². The average Bonchev–Trinajstić information content (AvgIpc) is 2.29. The molecule has 0 spiro atoms. The molecule has 0 bridgehead atoms. The maximum absolute atomic E-state index is 6.50. The van der Waals surface area contributed by atoms with Crippen LogP contribution in [-0.4, -0.2) is 4.98 Å². The molecular weight excluding hydrogens is 230 g/mol. The largest absolute Gasteiger partial charge is 0.264 e. The van der Waals surface area contributed by atoms with Gasteiger partial charge in [-0.2, -0.15) is 0 Å². The van der Waals surface area contributed by atoms with Gasteiger partial charge in [0.1, 0.15) is 0 Å². The topological polar surface area (TPSA) is 12.9 Å². The van der Waals surface area contributed by atoms with Crippen LogP contribution in [0.15, 0.2) is 42.7 Å². The minimum Gasteiger partial charge on any atom is -0.264 e. The molecule has 88 valence electrons. The zero-order valence-electron chi connectivity index (χ0n) is 10.4. The van der Waals surface area contributed by atoms with E-state index in [0.29, 0.717) is 0 Å². The molecule has 0 atom stereocenters. The van der Waals surface area contributed by atoms with Crippen LogP contribution in [-0.2, 0) is 5.41 Å². The third kappa shape index (κ3) is 2.50. The molecule has 1 aromatic carbocycles. The Morgan fingerprint density at radius 3 is 2.41 bits per heavy atom.